The quantitative estimate of drug-likeness (QED) is 0.727. The fourth-order valence-electron chi connectivity index (χ4n) is 1.51. The molecular weight excluding hydrogens is 257 g/mol. The summed E-state index contributed by atoms with van der Waals surface area (Å²) in [6.07, 6.45) is -0.0894. The van der Waals surface area contributed by atoms with Gasteiger partial charge in [0.25, 0.3) is 0 Å². The molecule has 1 unspecified atom stereocenters. The Morgan fingerprint density at radius 1 is 1.44 bits per heavy atom. The van der Waals surface area contributed by atoms with Crippen LogP contribution in [0.5, 0.6) is 0 Å². The first-order chi connectivity index (χ1) is 8.45. The number of aliphatic hydroxyl groups excluding tert-OH is 1. The Kier molecular flexibility index (Phi) is 5.71. The Morgan fingerprint density at radius 3 is 2.78 bits per heavy atom. The van der Waals surface area contributed by atoms with Crippen LogP contribution in [0.3, 0.4) is 0 Å². The van der Waals surface area contributed by atoms with Crippen molar-refractivity contribution in [2.45, 2.75) is 24.3 Å². The lowest BCUT2D eigenvalue weighted by Gasteiger charge is -2.12. The van der Waals surface area contributed by atoms with Gasteiger partial charge in [-0.05, 0) is 31.2 Å². The van der Waals surface area contributed by atoms with E-state index < -0.39 is 27.5 Å². The lowest BCUT2D eigenvalue weighted by Crippen LogP contribution is -2.32. The minimum Gasteiger partial charge on any atom is -0.391 e. The third kappa shape index (κ3) is 4.72. The molecule has 1 rings (SSSR count). The molecule has 0 radical (unpaired) electrons. The van der Waals surface area contributed by atoms with Crippen molar-refractivity contribution in [2.75, 3.05) is 18.8 Å². The van der Waals surface area contributed by atoms with Crippen LogP contribution in [-0.2, 0) is 9.84 Å². The summed E-state index contributed by atoms with van der Waals surface area (Å²) in [5, 5.41) is 12.5. The van der Waals surface area contributed by atoms with Gasteiger partial charge >= 0.3 is 0 Å². The Bertz CT molecular complexity index is 476. The van der Waals surface area contributed by atoms with E-state index in [9.17, 15) is 17.9 Å². The molecule has 1 aromatic rings. The summed E-state index contributed by atoms with van der Waals surface area (Å²) in [5.41, 5.74) is 0. The predicted molar refractivity (Wildman–Crippen MR) is 67.6 cm³/mol. The standard InChI is InChI=1S/C12H18FNO3S/c1-2-6-14-8-11(15)9-18(16,17)12-5-3-4-10(13)7-12/h3-5,7,11,14-15H,2,6,8-9H2,1H3. The number of nitrogens with one attached hydrogen (secondary N) is 1. The third-order valence-corrected chi connectivity index (χ3v) is 4.17. The highest BCUT2D eigenvalue weighted by Gasteiger charge is 2.19. The van der Waals surface area contributed by atoms with Crippen LogP contribution in [0.1, 0.15) is 13.3 Å². The zero-order chi connectivity index (χ0) is 13.6. The second-order valence-corrected chi connectivity index (χ2v) is 6.13. The number of hydrogen-bond donors (Lipinski definition) is 2. The van der Waals surface area contributed by atoms with Crippen molar-refractivity contribution in [3.8, 4) is 0 Å². The van der Waals surface area contributed by atoms with Crippen LogP contribution in [0.2, 0.25) is 0 Å². The van der Waals surface area contributed by atoms with Crippen molar-refractivity contribution in [1.29, 1.82) is 0 Å². The van der Waals surface area contributed by atoms with E-state index in [1.165, 1.54) is 18.2 Å². The van der Waals surface area contributed by atoms with E-state index in [0.29, 0.717) is 0 Å². The Balaban J connectivity index is 2.64. The molecule has 0 amide bonds. The summed E-state index contributed by atoms with van der Waals surface area (Å²) in [7, 11) is -3.65. The second-order valence-electron chi connectivity index (χ2n) is 4.10. The zero-order valence-electron chi connectivity index (χ0n) is 10.3. The predicted octanol–water partition coefficient (Wildman–Crippen LogP) is 0.960. The first-order valence-electron chi connectivity index (χ1n) is 5.83. The van der Waals surface area contributed by atoms with Gasteiger partial charge in [-0.3, -0.25) is 0 Å². The molecule has 0 aliphatic carbocycles. The van der Waals surface area contributed by atoms with Crippen molar-refractivity contribution in [3.63, 3.8) is 0 Å². The molecule has 0 saturated carbocycles. The van der Waals surface area contributed by atoms with Gasteiger partial charge in [0.2, 0.25) is 0 Å². The average Bonchev–Trinajstić information content (AvgIpc) is 2.28. The van der Waals surface area contributed by atoms with Crippen molar-refractivity contribution >= 4 is 9.84 Å². The van der Waals surface area contributed by atoms with E-state index in [1.54, 1.807) is 0 Å². The van der Waals surface area contributed by atoms with Gasteiger partial charge in [0.15, 0.2) is 9.84 Å². The fourth-order valence-corrected chi connectivity index (χ4v) is 2.91. The zero-order valence-corrected chi connectivity index (χ0v) is 11.1. The summed E-state index contributed by atoms with van der Waals surface area (Å²) in [6, 6.07) is 4.80. The van der Waals surface area contributed by atoms with Crippen LogP contribution in [0.25, 0.3) is 0 Å². The van der Waals surface area contributed by atoms with Crippen LogP contribution < -0.4 is 5.32 Å². The highest BCUT2D eigenvalue weighted by atomic mass is 32.2. The molecule has 18 heavy (non-hydrogen) atoms. The Morgan fingerprint density at radius 2 is 2.17 bits per heavy atom. The minimum atomic E-state index is -3.65. The number of sulfone groups is 1. The van der Waals surface area contributed by atoms with Crippen LogP contribution in [0.4, 0.5) is 4.39 Å². The van der Waals surface area contributed by atoms with E-state index >= 15 is 0 Å². The molecule has 2 N–H and O–H groups in total. The highest BCUT2D eigenvalue weighted by molar-refractivity contribution is 7.91. The Hall–Kier alpha value is -0.980. The van der Waals surface area contributed by atoms with Gasteiger partial charge in [0.1, 0.15) is 5.82 Å². The van der Waals surface area contributed by atoms with Crippen LogP contribution in [0, 0.1) is 5.82 Å². The van der Waals surface area contributed by atoms with Crippen LogP contribution >= 0.6 is 0 Å². The largest absolute Gasteiger partial charge is 0.391 e. The molecule has 0 fully saturated rings. The number of benzene rings is 1. The minimum absolute atomic E-state index is 0.1000. The first-order valence-corrected chi connectivity index (χ1v) is 7.48. The second kappa shape index (κ2) is 6.82. The van der Waals surface area contributed by atoms with E-state index in [2.05, 4.69) is 5.32 Å². The molecule has 0 aromatic heterocycles. The van der Waals surface area contributed by atoms with Gasteiger partial charge < -0.3 is 10.4 Å². The van der Waals surface area contributed by atoms with Gasteiger partial charge in [0.05, 0.1) is 16.8 Å². The molecule has 0 spiro atoms. The Labute approximate surface area is 107 Å². The smallest absolute Gasteiger partial charge is 0.181 e. The fraction of sp³-hybridized carbons (Fsp3) is 0.500. The highest BCUT2D eigenvalue weighted by Crippen LogP contribution is 2.13. The van der Waals surface area contributed by atoms with Gasteiger partial charge in [-0.1, -0.05) is 13.0 Å². The molecule has 0 aliphatic heterocycles. The molecule has 0 aliphatic rings. The maximum absolute atomic E-state index is 12.9. The maximum atomic E-state index is 12.9. The number of rotatable bonds is 7. The third-order valence-electron chi connectivity index (χ3n) is 2.37. The van der Waals surface area contributed by atoms with E-state index in [1.807, 2.05) is 6.92 Å². The van der Waals surface area contributed by atoms with Gasteiger partial charge in [-0.15, -0.1) is 0 Å². The van der Waals surface area contributed by atoms with Crippen molar-refractivity contribution in [2.24, 2.45) is 0 Å². The molecule has 1 aromatic carbocycles. The number of aliphatic hydroxyl groups is 1. The van der Waals surface area contributed by atoms with E-state index in [4.69, 9.17) is 0 Å². The SMILES string of the molecule is CCCNCC(O)CS(=O)(=O)c1cccc(F)c1. The van der Waals surface area contributed by atoms with Crippen LogP contribution in [-0.4, -0.2) is 38.5 Å². The molecule has 4 nitrogen and oxygen atoms in total. The van der Waals surface area contributed by atoms with E-state index in [0.717, 1.165) is 19.0 Å². The molecule has 102 valence electrons. The molecule has 1 atom stereocenters. The topological polar surface area (TPSA) is 66.4 Å². The normalized spacial score (nSPS) is 13.5. The van der Waals surface area contributed by atoms with Crippen molar-refractivity contribution in [3.05, 3.63) is 30.1 Å². The van der Waals surface area contributed by atoms with E-state index in [-0.39, 0.29) is 11.4 Å². The summed E-state index contributed by atoms with van der Waals surface area (Å²) in [4.78, 5) is -0.1000. The lowest BCUT2D eigenvalue weighted by molar-refractivity contribution is 0.194. The summed E-state index contributed by atoms with van der Waals surface area (Å²) in [5.74, 6) is -1.01. The summed E-state index contributed by atoms with van der Waals surface area (Å²) >= 11 is 0. The van der Waals surface area contributed by atoms with Gasteiger partial charge in [-0.2, -0.15) is 0 Å². The summed E-state index contributed by atoms with van der Waals surface area (Å²) in [6.45, 7) is 2.91. The van der Waals surface area contributed by atoms with Gasteiger partial charge in [-0.25, -0.2) is 12.8 Å². The monoisotopic (exact) mass is 275 g/mol. The number of hydrogen-bond acceptors (Lipinski definition) is 4. The average molecular weight is 275 g/mol. The van der Waals surface area contributed by atoms with Crippen LogP contribution in [0.15, 0.2) is 29.2 Å². The van der Waals surface area contributed by atoms with Crippen molar-refractivity contribution in [1.82, 2.24) is 5.32 Å². The maximum Gasteiger partial charge on any atom is 0.181 e. The van der Waals surface area contributed by atoms with Gasteiger partial charge in [0, 0.05) is 6.54 Å². The number of halogens is 1. The summed E-state index contributed by atoms with van der Waals surface area (Å²) < 4.78 is 36.7. The molecule has 0 heterocycles. The molecule has 0 bridgehead atoms. The molecule has 0 saturated heterocycles. The molecular formula is C12H18FNO3S. The lowest BCUT2D eigenvalue weighted by atomic mass is 10.3. The van der Waals surface area contributed by atoms with Crippen molar-refractivity contribution < 1.29 is 17.9 Å². The first kappa shape index (κ1) is 15.1. The molecule has 6 heteroatoms.